The molecule has 2 aromatic rings. The Morgan fingerprint density at radius 1 is 1.25 bits per heavy atom. The molecule has 1 aliphatic rings. The third-order valence-electron chi connectivity index (χ3n) is 3.57. The van der Waals surface area contributed by atoms with E-state index in [-0.39, 0.29) is 18.0 Å². The number of ether oxygens (including phenoxy) is 2. The number of rotatable bonds is 2. The van der Waals surface area contributed by atoms with Crippen molar-refractivity contribution in [3.63, 3.8) is 0 Å². The maximum absolute atomic E-state index is 13.3. The minimum atomic E-state index is -0.289. The summed E-state index contributed by atoms with van der Waals surface area (Å²) in [6.07, 6.45) is 0.474. The van der Waals surface area contributed by atoms with Gasteiger partial charge in [0.05, 0.1) is 7.11 Å². The Morgan fingerprint density at radius 3 is 2.90 bits per heavy atom. The Balaban J connectivity index is 1.92. The van der Waals surface area contributed by atoms with E-state index in [9.17, 15) is 4.39 Å². The van der Waals surface area contributed by atoms with E-state index in [1.54, 1.807) is 13.2 Å². The molecular formula is C16H16FNO2. The second kappa shape index (κ2) is 5.13. The minimum Gasteiger partial charge on any atom is -0.497 e. The number of hydrogen-bond acceptors (Lipinski definition) is 3. The van der Waals surface area contributed by atoms with Crippen molar-refractivity contribution in [1.29, 1.82) is 0 Å². The molecule has 0 aromatic heterocycles. The first kappa shape index (κ1) is 12.9. The Kier molecular flexibility index (Phi) is 3.32. The van der Waals surface area contributed by atoms with Gasteiger partial charge in [-0.2, -0.15) is 0 Å². The number of methoxy groups -OCH3 is 1. The molecule has 0 bridgehead atoms. The second-order valence-corrected chi connectivity index (χ2v) is 4.91. The van der Waals surface area contributed by atoms with Gasteiger partial charge in [0.15, 0.2) is 0 Å². The molecular weight excluding hydrogens is 257 g/mol. The van der Waals surface area contributed by atoms with Gasteiger partial charge in [-0.3, -0.25) is 0 Å². The van der Waals surface area contributed by atoms with Gasteiger partial charge in [-0.05, 0) is 35.9 Å². The van der Waals surface area contributed by atoms with E-state index in [4.69, 9.17) is 15.2 Å². The molecule has 104 valence electrons. The molecule has 1 aliphatic heterocycles. The van der Waals surface area contributed by atoms with E-state index in [0.29, 0.717) is 12.2 Å². The molecule has 0 aliphatic carbocycles. The van der Waals surface area contributed by atoms with Crippen molar-refractivity contribution in [3.05, 3.63) is 59.4 Å². The van der Waals surface area contributed by atoms with Crippen LogP contribution in [-0.4, -0.2) is 7.11 Å². The molecule has 1 heterocycles. The van der Waals surface area contributed by atoms with Crippen molar-refractivity contribution in [2.24, 2.45) is 5.73 Å². The average Bonchev–Trinajstić information content (AvgIpc) is 2.48. The number of hydrogen-bond donors (Lipinski definition) is 1. The second-order valence-electron chi connectivity index (χ2n) is 4.91. The molecule has 0 saturated carbocycles. The Labute approximate surface area is 117 Å². The van der Waals surface area contributed by atoms with E-state index >= 15 is 0 Å². The van der Waals surface area contributed by atoms with Gasteiger partial charge in [-0.15, -0.1) is 0 Å². The smallest absolute Gasteiger partial charge is 0.126 e. The highest BCUT2D eigenvalue weighted by atomic mass is 19.1. The van der Waals surface area contributed by atoms with Crippen molar-refractivity contribution in [2.45, 2.75) is 18.6 Å². The lowest BCUT2D eigenvalue weighted by atomic mass is 9.93. The topological polar surface area (TPSA) is 44.5 Å². The first-order valence-electron chi connectivity index (χ1n) is 6.53. The standard InChI is InChI=1S/C16H16FNO2/c1-19-12-4-2-3-10(7-12)16-9-14(18)13-8-11(17)5-6-15(13)20-16/h2-8,14,16H,9,18H2,1H3/t14-,16?/m1/s1. The Bertz CT molecular complexity index is 630. The van der Waals surface area contributed by atoms with Crippen LogP contribution in [0.2, 0.25) is 0 Å². The summed E-state index contributed by atoms with van der Waals surface area (Å²) >= 11 is 0. The lowest BCUT2D eigenvalue weighted by Gasteiger charge is -2.30. The predicted octanol–water partition coefficient (Wildman–Crippen LogP) is 3.36. The predicted molar refractivity (Wildman–Crippen MR) is 74.3 cm³/mol. The monoisotopic (exact) mass is 273 g/mol. The molecule has 3 nitrogen and oxygen atoms in total. The van der Waals surface area contributed by atoms with Crippen molar-refractivity contribution in [1.82, 2.24) is 0 Å². The fourth-order valence-corrected chi connectivity index (χ4v) is 2.52. The van der Waals surface area contributed by atoms with E-state index in [1.807, 2.05) is 24.3 Å². The SMILES string of the molecule is COc1cccc(C2C[C@@H](N)c3cc(F)ccc3O2)c1. The van der Waals surface area contributed by atoms with Crippen molar-refractivity contribution < 1.29 is 13.9 Å². The first-order chi connectivity index (χ1) is 9.67. The fourth-order valence-electron chi connectivity index (χ4n) is 2.52. The Morgan fingerprint density at radius 2 is 2.10 bits per heavy atom. The summed E-state index contributed by atoms with van der Waals surface area (Å²) in [7, 11) is 1.63. The molecule has 2 N–H and O–H groups in total. The first-order valence-corrected chi connectivity index (χ1v) is 6.53. The van der Waals surface area contributed by atoms with Crippen LogP contribution in [0, 0.1) is 5.82 Å². The minimum absolute atomic E-state index is 0.141. The molecule has 2 atom stereocenters. The largest absolute Gasteiger partial charge is 0.497 e. The van der Waals surface area contributed by atoms with Gasteiger partial charge >= 0.3 is 0 Å². The maximum atomic E-state index is 13.3. The quantitative estimate of drug-likeness (QED) is 0.912. The summed E-state index contributed by atoms with van der Waals surface area (Å²) < 4.78 is 24.4. The summed E-state index contributed by atoms with van der Waals surface area (Å²) in [4.78, 5) is 0. The van der Waals surface area contributed by atoms with Crippen LogP contribution >= 0.6 is 0 Å². The van der Waals surface area contributed by atoms with Crippen LogP contribution in [0.15, 0.2) is 42.5 Å². The van der Waals surface area contributed by atoms with E-state index in [2.05, 4.69) is 0 Å². The van der Waals surface area contributed by atoms with Crippen LogP contribution in [0.4, 0.5) is 4.39 Å². The summed E-state index contributed by atoms with van der Waals surface area (Å²) in [5, 5.41) is 0. The molecule has 0 amide bonds. The van der Waals surface area contributed by atoms with Gasteiger partial charge in [-0.25, -0.2) is 4.39 Å². The normalized spacial score (nSPS) is 20.9. The average molecular weight is 273 g/mol. The van der Waals surface area contributed by atoms with Gasteiger partial charge < -0.3 is 15.2 Å². The summed E-state index contributed by atoms with van der Waals surface area (Å²) in [6, 6.07) is 12.0. The van der Waals surface area contributed by atoms with Crippen LogP contribution in [0.3, 0.4) is 0 Å². The number of benzene rings is 2. The third-order valence-corrected chi connectivity index (χ3v) is 3.57. The van der Waals surface area contributed by atoms with Gasteiger partial charge in [0.25, 0.3) is 0 Å². The molecule has 1 unspecified atom stereocenters. The highest BCUT2D eigenvalue weighted by Gasteiger charge is 2.27. The van der Waals surface area contributed by atoms with Crippen LogP contribution < -0.4 is 15.2 Å². The summed E-state index contributed by atoms with van der Waals surface area (Å²) in [5.41, 5.74) is 7.87. The molecule has 0 saturated heterocycles. The number of fused-ring (bicyclic) bond motifs is 1. The van der Waals surface area contributed by atoms with E-state index in [0.717, 1.165) is 16.9 Å². The fraction of sp³-hybridized carbons (Fsp3) is 0.250. The molecule has 3 rings (SSSR count). The zero-order valence-electron chi connectivity index (χ0n) is 11.2. The van der Waals surface area contributed by atoms with Crippen molar-refractivity contribution in [3.8, 4) is 11.5 Å². The lowest BCUT2D eigenvalue weighted by Crippen LogP contribution is -2.24. The van der Waals surface area contributed by atoms with Crippen LogP contribution in [0.5, 0.6) is 11.5 Å². The van der Waals surface area contributed by atoms with Crippen molar-refractivity contribution >= 4 is 0 Å². The molecule has 0 spiro atoms. The summed E-state index contributed by atoms with van der Waals surface area (Å²) in [5.74, 6) is 1.14. The van der Waals surface area contributed by atoms with Crippen LogP contribution in [0.25, 0.3) is 0 Å². The highest BCUT2D eigenvalue weighted by Crippen LogP contribution is 2.40. The van der Waals surface area contributed by atoms with Gasteiger partial charge in [0.2, 0.25) is 0 Å². The lowest BCUT2D eigenvalue weighted by molar-refractivity contribution is 0.161. The molecule has 4 heteroatoms. The van der Waals surface area contributed by atoms with Crippen molar-refractivity contribution in [2.75, 3.05) is 7.11 Å². The van der Waals surface area contributed by atoms with E-state index < -0.39 is 0 Å². The van der Waals surface area contributed by atoms with Crippen LogP contribution in [-0.2, 0) is 0 Å². The molecule has 2 aromatic carbocycles. The van der Waals surface area contributed by atoms with E-state index in [1.165, 1.54) is 12.1 Å². The number of halogens is 1. The van der Waals surface area contributed by atoms with Gasteiger partial charge in [-0.1, -0.05) is 12.1 Å². The van der Waals surface area contributed by atoms with Crippen LogP contribution in [0.1, 0.15) is 29.7 Å². The molecule has 0 radical (unpaired) electrons. The van der Waals surface area contributed by atoms with Gasteiger partial charge in [0, 0.05) is 18.0 Å². The highest BCUT2D eigenvalue weighted by molar-refractivity contribution is 5.40. The Hall–Kier alpha value is -2.07. The summed E-state index contributed by atoms with van der Waals surface area (Å²) in [6.45, 7) is 0. The zero-order valence-corrected chi connectivity index (χ0v) is 11.2. The van der Waals surface area contributed by atoms with Gasteiger partial charge in [0.1, 0.15) is 23.4 Å². The number of nitrogens with two attached hydrogens (primary N) is 1. The maximum Gasteiger partial charge on any atom is 0.126 e. The molecule has 0 fully saturated rings. The third kappa shape index (κ3) is 2.34. The molecule has 20 heavy (non-hydrogen) atoms. The zero-order chi connectivity index (χ0) is 14.1.